The number of sulfonamides is 1. The van der Waals surface area contributed by atoms with Crippen LogP contribution >= 0.6 is 11.6 Å². The SMILES string of the molecule is O=S(=O)(c1ccc(Cl)cc1)N(Cc1ccccc1OCCCN1CCC(O)CC1)c1ccccc1. The maximum absolute atomic E-state index is 13.6. The molecule has 1 saturated heterocycles. The second-order valence-corrected chi connectivity index (χ2v) is 11.0. The zero-order valence-electron chi connectivity index (χ0n) is 19.6. The number of halogens is 1. The summed E-state index contributed by atoms with van der Waals surface area (Å²) >= 11 is 5.99. The topological polar surface area (TPSA) is 70.1 Å². The van der Waals surface area contributed by atoms with Crippen molar-refractivity contribution in [1.82, 2.24) is 4.90 Å². The third-order valence-electron chi connectivity index (χ3n) is 6.17. The van der Waals surface area contributed by atoms with E-state index in [2.05, 4.69) is 4.90 Å². The molecule has 3 aromatic rings. The minimum atomic E-state index is -3.84. The highest BCUT2D eigenvalue weighted by molar-refractivity contribution is 7.92. The van der Waals surface area contributed by atoms with Crippen LogP contribution in [0.2, 0.25) is 5.02 Å². The molecule has 4 rings (SSSR count). The second-order valence-electron chi connectivity index (χ2n) is 8.68. The lowest BCUT2D eigenvalue weighted by Gasteiger charge is -2.29. The number of piperidine rings is 1. The molecule has 1 heterocycles. The van der Waals surface area contributed by atoms with Crippen LogP contribution in [0.5, 0.6) is 5.75 Å². The highest BCUT2D eigenvalue weighted by Gasteiger charge is 2.26. The van der Waals surface area contributed by atoms with Crippen molar-refractivity contribution in [3.63, 3.8) is 0 Å². The fourth-order valence-electron chi connectivity index (χ4n) is 4.19. The van der Waals surface area contributed by atoms with Gasteiger partial charge in [-0.2, -0.15) is 0 Å². The van der Waals surface area contributed by atoms with Crippen LogP contribution in [0, 0.1) is 0 Å². The maximum Gasteiger partial charge on any atom is 0.264 e. The summed E-state index contributed by atoms with van der Waals surface area (Å²) in [5.41, 5.74) is 1.36. The quantitative estimate of drug-likeness (QED) is 0.387. The number of anilines is 1. The van der Waals surface area contributed by atoms with Crippen LogP contribution in [0.25, 0.3) is 0 Å². The Kier molecular flexibility index (Phi) is 8.68. The molecule has 0 saturated carbocycles. The average Bonchev–Trinajstić information content (AvgIpc) is 2.87. The van der Waals surface area contributed by atoms with Crippen LogP contribution in [0.1, 0.15) is 24.8 Å². The average molecular weight is 515 g/mol. The van der Waals surface area contributed by atoms with Gasteiger partial charge in [-0.05, 0) is 61.7 Å². The van der Waals surface area contributed by atoms with E-state index in [1.54, 1.807) is 24.3 Å². The van der Waals surface area contributed by atoms with Gasteiger partial charge in [0, 0.05) is 30.2 Å². The van der Waals surface area contributed by atoms with Gasteiger partial charge >= 0.3 is 0 Å². The van der Waals surface area contributed by atoms with E-state index in [1.165, 1.54) is 16.4 Å². The molecule has 6 nitrogen and oxygen atoms in total. The lowest BCUT2D eigenvalue weighted by molar-refractivity contribution is 0.0800. The first kappa shape index (κ1) is 25.5. The molecule has 1 aliphatic heterocycles. The predicted molar refractivity (Wildman–Crippen MR) is 139 cm³/mol. The number of benzene rings is 3. The summed E-state index contributed by atoms with van der Waals surface area (Å²) in [6, 6.07) is 22.8. The third kappa shape index (κ3) is 6.76. The molecular weight excluding hydrogens is 484 g/mol. The van der Waals surface area contributed by atoms with E-state index in [0.717, 1.165) is 44.5 Å². The lowest BCUT2D eigenvalue weighted by atomic mass is 10.1. The summed E-state index contributed by atoms with van der Waals surface area (Å²) in [6.45, 7) is 3.40. The molecule has 0 aliphatic carbocycles. The monoisotopic (exact) mass is 514 g/mol. The Morgan fingerprint density at radius 2 is 1.60 bits per heavy atom. The molecule has 35 heavy (non-hydrogen) atoms. The number of likely N-dealkylation sites (tertiary alicyclic amines) is 1. The van der Waals surface area contributed by atoms with Crippen LogP contribution in [0.3, 0.4) is 0 Å². The van der Waals surface area contributed by atoms with Gasteiger partial charge in [-0.25, -0.2) is 8.42 Å². The van der Waals surface area contributed by atoms with E-state index in [-0.39, 0.29) is 17.5 Å². The van der Waals surface area contributed by atoms with Crippen molar-refractivity contribution in [2.24, 2.45) is 0 Å². The number of nitrogens with zero attached hydrogens (tertiary/aromatic N) is 2. The summed E-state index contributed by atoms with van der Waals surface area (Å²) < 4.78 is 34.8. The number of hydrogen-bond donors (Lipinski definition) is 1. The molecule has 1 fully saturated rings. The van der Waals surface area contributed by atoms with Crippen LogP contribution in [-0.2, 0) is 16.6 Å². The number of ether oxygens (including phenoxy) is 1. The van der Waals surface area contributed by atoms with Gasteiger partial charge in [-0.15, -0.1) is 0 Å². The number of aliphatic hydroxyl groups excluding tert-OH is 1. The Morgan fingerprint density at radius 3 is 2.31 bits per heavy atom. The third-order valence-corrected chi connectivity index (χ3v) is 8.21. The largest absolute Gasteiger partial charge is 0.493 e. The van der Waals surface area contributed by atoms with Crippen LogP contribution in [0.4, 0.5) is 5.69 Å². The first-order valence-electron chi connectivity index (χ1n) is 11.9. The van der Waals surface area contributed by atoms with Crippen molar-refractivity contribution in [1.29, 1.82) is 0 Å². The summed E-state index contributed by atoms with van der Waals surface area (Å²) in [5.74, 6) is 0.675. The molecular formula is C27H31ClN2O4S. The molecule has 3 aromatic carbocycles. The Bertz CT molecular complexity index is 1180. The molecule has 0 atom stereocenters. The number of aliphatic hydroxyl groups is 1. The van der Waals surface area contributed by atoms with Gasteiger partial charge in [-0.3, -0.25) is 4.31 Å². The fraction of sp³-hybridized carbons (Fsp3) is 0.333. The first-order chi connectivity index (χ1) is 16.9. The Labute approximate surface area is 212 Å². The van der Waals surface area contributed by atoms with Crippen molar-refractivity contribution in [3.05, 3.63) is 89.4 Å². The molecule has 1 N–H and O–H groups in total. The van der Waals surface area contributed by atoms with Gasteiger partial charge in [0.15, 0.2) is 0 Å². The predicted octanol–water partition coefficient (Wildman–Crippen LogP) is 4.96. The number of hydrogen-bond acceptors (Lipinski definition) is 5. The number of para-hydroxylation sites is 2. The van der Waals surface area contributed by atoms with Crippen molar-refractivity contribution >= 4 is 27.3 Å². The number of rotatable bonds is 10. The minimum absolute atomic E-state index is 0.134. The highest BCUT2D eigenvalue weighted by Crippen LogP contribution is 2.29. The summed E-state index contributed by atoms with van der Waals surface area (Å²) in [6.07, 6.45) is 2.32. The van der Waals surface area contributed by atoms with Crippen molar-refractivity contribution < 1.29 is 18.3 Å². The maximum atomic E-state index is 13.6. The molecule has 0 aromatic heterocycles. The summed E-state index contributed by atoms with van der Waals surface area (Å²) in [5, 5.41) is 10.2. The van der Waals surface area contributed by atoms with Gasteiger partial charge in [0.05, 0.1) is 29.8 Å². The molecule has 186 valence electrons. The van der Waals surface area contributed by atoms with E-state index in [1.807, 2.05) is 42.5 Å². The van der Waals surface area contributed by atoms with Crippen LogP contribution in [-0.4, -0.2) is 50.8 Å². The van der Waals surface area contributed by atoms with Gasteiger partial charge in [0.1, 0.15) is 5.75 Å². The van der Waals surface area contributed by atoms with Gasteiger partial charge in [0.2, 0.25) is 0 Å². The summed E-state index contributed by atoms with van der Waals surface area (Å²) in [4.78, 5) is 2.52. The zero-order valence-corrected chi connectivity index (χ0v) is 21.2. The Balaban J connectivity index is 1.49. The van der Waals surface area contributed by atoms with Crippen LogP contribution < -0.4 is 9.04 Å². The minimum Gasteiger partial charge on any atom is -0.493 e. The van der Waals surface area contributed by atoms with E-state index in [0.29, 0.717) is 23.1 Å². The summed E-state index contributed by atoms with van der Waals surface area (Å²) in [7, 11) is -3.84. The second kappa shape index (κ2) is 11.9. The molecule has 8 heteroatoms. The standard InChI is InChI=1S/C27H31ClN2O4S/c28-23-11-13-26(14-12-23)35(32,33)30(24-8-2-1-3-9-24)21-22-7-4-5-10-27(22)34-20-6-17-29-18-15-25(31)16-19-29/h1-5,7-14,25,31H,6,15-21H2. The molecule has 1 aliphatic rings. The molecule has 0 radical (unpaired) electrons. The first-order valence-corrected chi connectivity index (χ1v) is 13.7. The highest BCUT2D eigenvalue weighted by atomic mass is 35.5. The van der Waals surface area contributed by atoms with Gasteiger partial charge in [0.25, 0.3) is 10.0 Å². The van der Waals surface area contributed by atoms with E-state index < -0.39 is 10.0 Å². The van der Waals surface area contributed by atoms with Gasteiger partial charge in [-0.1, -0.05) is 48.0 Å². The van der Waals surface area contributed by atoms with Crippen LogP contribution in [0.15, 0.2) is 83.8 Å². The normalized spacial score (nSPS) is 15.1. The Morgan fingerprint density at radius 1 is 0.943 bits per heavy atom. The van der Waals surface area contributed by atoms with Gasteiger partial charge < -0.3 is 14.7 Å². The van der Waals surface area contributed by atoms with E-state index in [4.69, 9.17) is 16.3 Å². The molecule has 0 amide bonds. The fourth-order valence-corrected chi connectivity index (χ4v) is 5.76. The lowest BCUT2D eigenvalue weighted by Crippen LogP contribution is -2.36. The molecule has 0 bridgehead atoms. The van der Waals surface area contributed by atoms with Crippen molar-refractivity contribution in [3.8, 4) is 5.75 Å². The molecule has 0 spiro atoms. The van der Waals surface area contributed by atoms with E-state index in [9.17, 15) is 13.5 Å². The molecule has 0 unspecified atom stereocenters. The smallest absolute Gasteiger partial charge is 0.264 e. The van der Waals surface area contributed by atoms with E-state index >= 15 is 0 Å². The Hall–Kier alpha value is -2.58. The zero-order chi connectivity index (χ0) is 24.7. The van der Waals surface area contributed by atoms with Crippen molar-refractivity contribution in [2.45, 2.75) is 36.8 Å². The van der Waals surface area contributed by atoms with Crippen molar-refractivity contribution in [2.75, 3.05) is 30.5 Å².